The van der Waals surface area contributed by atoms with E-state index in [1.807, 2.05) is 0 Å². The minimum absolute atomic E-state index is 0.00985. The van der Waals surface area contributed by atoms with E-state index in [9.17, 15) is 18.0 Å². The van der Waals surface area contributed by atoms with Crippen molar-refractivity contribution in [2.24, 2.45) is 0 Å². The van der Waals surface area contributed by atoms with Gasteiger partial charge in [-0.05, 0) is 16.8 Å². The van der Waals surface area contributed by atoms with E-state index in [4.69, 9.17) is 0 Å². The first-order valence-electron chi connectivity index (χ1n) is 5.36. The highest BCUT2D eigenvalue weighted by atomic mass is 19.4. The number of fused-ring (bicyclic) bond motifs is 1. The van der Waals surface area contributed by atoms with Gasteiger partial charge in [-0.1, -0.05) is 36.9 Å². The van der Waals surface area contributed by atoms with Crippen molar-refractivity contribution in [3.05, 3.63) is 54.6 Å². The van der Waals surface area contributed by atoms with Gasteiger partial charge in [0.25, 0.3) is 0 Å². The summed E-state index contributed by atoms with van der Waals surface area (Å²) in [4.78, 5) is 11.1. The summed E-state index contributed by atoms with van der Waals surface area (Å²) in [5, 5.41) is 0.414. The van der Waals surface area contributed by atoms with E-state index in [2.05, 4.69) is 11.3 Å². The van der Waals surface area contributed by atoms with Crippen molar-refractivity contribution < 1.29 is 22.7 Å². The lowest BCUT2D eigenvalue weighted by Crippen LogP contribution is -2.12. The number of hydrogen-bond acceptors (Lipinski definition) is 2. The number of rotatable bonds is 2. The quantitative estimate of drug-likeness (QED) is 0.467. The minimum Gasteiger partial charge on any atom is -0.423 e. The van der Waals surface area contributed by atoms with Crippen LogP contribution in [0.1, 0.15) is 5.56 Å². The van der Waals surface area contributed by atoms with Crippen molar-refractivity contribution >= 4 is 16.7 Å². The molecule has 0 unspecified atom stereocenters. The zero-order chi connectivity index (χ0) is 14.0. The van der Waals surface area contributed by atoms with Crippen LogP contribution >= 0.6 is 0 Å². The van der Waals surface area contributed by atoms with Crippen LogP contribution in [0.15, 0.2) is 49.1 Å². The van der Waals surface area contributed by atoms with Gasteiger partial charge in [0.05, 0.1) is 0 Å². The van der Waals surface area contributed by atoms with Crippen LogP contribution in [0, 0.1) is 0 Å². The van der Waals surface area contributed by atoms with Gasteiger partial charge in [-0.3, -0.25) is 0 Å². The van der Waals surface area contributed by atoms with E-state index >= 15 is 0 Å². The summed E-state index contributed by atoms with van der Waals surface area (Å²) in [6.07, 6.45) is -3.80. The van der Waals surface area contributed by atoms with Crippen molar-refractivity contribution in [1.82, 2.24) is 0 Å². The number of hydrogen-bond donors (Lipinski definition) is 0. The van der Waals surface area contributed by atoms with Crippen LogP contribution in [0.5, 0.6) is 5.75 Å². The standard InChI is InChI=1S/C14H9F3O2/c1-2-12(18)19-11-8-7-9-5-3-4-6-10(9)13(11)14(15,16)17/h2-8H,1H2. The minimum atomic E-state index is -4.61. The van der Waals surface area contributed by atoms with Crippen LogP contribution in [-0.4, -0.2) is 5.97 Å². The Morgan fingerprint density at radius 2 is 1.84 bits per heavy atom. The molecule has 0 aliphatic carbocycles. The number of alkyl halides is 3. The smallest absolute Gasteiger partial charge is 0.420 e. The Labute approximate surface area is 107 Å². The normalized spacial score (nSPS) is 11.3. The summed E-state index contributed by atoms with van der Waals surface area (Å²) in [6.45, 7) is 3.16. The maximum absolute atomic E-state index is 13.1. The molecule has 0 saturated heterocycles. The molecule has 2 aromatic carbocycles. The van der Waals surface area contributed by atoms with E-state index in [1.54, 1.807) is 12.1 Å². The maximum atomic E-state index is 13.1. The summed E-state index contributed by atoms with van der Waals surface area (Å²) in [6, 6.07) is 8.63. The Kier molecular flexibility index (Phi) is 3.29. The van der Waals surface area contributed by atoms with Crippen LogP contribution in [-0.2, 0) is 11.0 Å². The highest BCUT2D eigenvalue weighted by Crippen LogP contribution is 2.41. The Morgan fingerprint density at radius 1 is 1.16 bits per heavy atom. The number of carbonyl (C=O) groups excluding carboxylic acids is 1. The van der Waals surface area contributed by atoms with Crippen LogP contribution in [0.25, 0.3) is 10.8 Å². The topological polar surface area (TPSA) is 26.3 Å². The molecule has 98 valence electrons. The van der Waals surface area contributed by atoms with Crippen LogP contribution in [0.2, 0.25) is 0 Å². The molecule has 19 heavy (non-hydrogen) atoms. The van der Waals surface area contributed by atoms with E-state index < -0.39 is 23.5 Å². The molecule has 2 nitrogen and oxygen atoms in total. The Balaban J connectivity index is 2.70. The van der Waals surface area contributed by atoms with E-state index in [0.717, 1.165) is 12.1 Å². The molecule has 5 heteroatoms. The Morgan fingerprint density at radius 3 is 2.47 bits per heavy atom. The summed E-state index contributed by atoms with van der Waals surface area (Å²) in [5.74, 6) is -1.45. The molecule has 0 aliphatic rings. The van der Waals surface area contributed by atoms with Gasteiger partial charge in [0.1, 0.15) is 11.3 Å². The van der Waals surface area contributed by atoms with Gasteiger partial charge in [-0.15, -0.1) is 0 Å². The molecule has 0 N–H and O–H groups in total. The number of ether oxygens (including phenoxy) is 1. The fourth-order valence-electron chi connectivity index (χ4n) is 1.78. The Bertz CT molecular complexity index is 645. The predicted octanol–water partition coefficient (Wildman–Crippen LogP) is 3.95. The fourth-order valence-corrected chi connectivity index (χ4v) is 1.78. The molecule has 0 bridgehead atoms. The number of carbonyl (C=O) groups is 1. The fraction of sp³-hybridized carbons (Fsp3) is 0.0714. The van der Waals surface area contributed by atoms with Gasteiger partial charge in [-0.25, -0.2) is 4.79 Å². The van der Waals surface area contributed by atoms with Gasteiger partial charge in [-0.2, -0.15) is 13.2 Å². The van der Waals surface area contributed by atoms with Crippen LogP contribution in [0.3, 0.4) is 0 Å². The second kappa shape index (κ2) is 4.76. The van der Waals surface area contributed by atoms with E-state index in [1.165, 1.54) is 18.2 Å². The van der Waals surface area contributed by atoms with Gasteiger partial charge in [0.15, 0.2) is 0 Å². The van der Waals surface area contributed by atoms with Crippen LogP contribution < -0.4 is 4.74 Å². The third-order valence-electron chi connectivity index (χ3n) is 2.55. The molecule has 0 amide bonds. The average Bonchev–Trinajstić information content (AvgIpc) is 2.36. The number of halogens is 3. The van der Waals surface area contributed by atoms with Crippen LogP contribution in [0.4, 0.5) is 13.2 Å². The molecule has 0 saturated carbocycles. The average molecular weight is 266 g/mol. The number of esters is 1. The maximum Gasteiger partial charge on any atom is 0.420 e. The van der Waals surface area contributed by atoms with Gasteiger partial charge in [0, 0.05) is 6.08 Å². The summed E-state index contributed by atoms with van der Waals surface area (Å²) in [5.41, 5.74) is -0.958. The second-order valence-corrected chi connectivity index (χ2v) is 3.78. The molecule has 0 aliphatic heterocycles. The first-order valence-corrected chi connectivity index (χ1v) is 5.36. The Hall–Kier alpha value is -2.30. The predicted molar refractivity (Wildman–Crippen MR) is 64.8 cm³/mol. The van der Waals surface area contributed by atoms with Crippen molar-refractivity contribution in [3.63, 3.8) is 0 Å². The molecule has 2 rings (SSSR count). The lowest BCUT2D eigenvalue weighted by molar-refractivity contribution is -0.139. The van der Waals surface area contributed by atoms with Crippen molar-refractivity contribution in [3.8, 4) is 5.75 Å². The SMILES string of the molecule is C=CC(=O)Oc1ccc2ccccc2c1C(F)(F)F. The first-order chi connectivity index (χ1) is 8.93. The monoisotopic (exact) mass is 266 g/mol. The molecule has 2 aromatic rings. The van der Waals surface area contributed by atoms with Gasteiger partial charge < -0.3 is 4.74 Å². The third kappa shape index (κ3) is 2.59. The second-order valence-electron chi connectivity index (χ2n) is 3.78. The highest BCUT2D eigenvalue weighted by molar-refractivity contribution is 5.90. The van der Waals surface area contributed by atoms with Crippen molar-refractivity contribution in [2.45, 2.75) is 6.18 Å². The van der Waals surface area contributed by atoms with E-state index in [0.29, 0.717) is 5.39 Å². The molecule has 0 aromatic heterocycles. The lowest BCUT2D eigenvalue weighted by atomic mass is 10.0. The molecule has 0 heterocycles. The molecule has 0 atom stereocenters. The van der Waals surface area contributed by atoms with Gasteiger partial charge in [0.2, 0.25) is 0 Å². The van der Waals surface area contributed by atoms with Crippen molar-refractivity contribution in [1.29, 1.82) is 0 Å². The molecular weight excluding hydrogens is 257 g/mol. The van der Waals surface area contributed by atoms with Gasteiger partial charge >= 0.3 is 12.1 Å². The molecule has 0 fully saturated rings. The number of benzene rings is 2. The molecule has 0 radical (unpaired) electrons. The zero-order valence-corrected chi connectivity index (χ0v) is 9.70. The first kappa shape index (κ1) is 13.1. The molecule has 0 spiro atoms. The highest BCUT2D eigenvalue weighted by Gasteiger charge is 2.36. The zero-order valence-electron chi connectivity index (χ0n) is 9.70. The lowest BCUT2D eigenvalue weighted by Gasteiger charge is -2.14. The summed E-state index contributed by atoms with van der Waals surface area (Å²) < 4.78 is 44.0. The van der Waals surface area contributed by atoms with Crippen molar-refractivity contribution in [2.75, 3.05) is 0 Å². The molecular formula is C14H9F3O2. The summed E-state index contributed by atoms with van der Waals surface area (Å²) >= 11 is 0. The largest absolute Gasteiger partial charge is 0.423 e. The summed E-state index contributed by atoms with van der Waals surface area (Å²) in [7, 11) is 0. The third-order valence-corrected chi connectivity index (χ3v) is 2.55. The van der Waals surface area contributed by atoms with E-state index in [-0.39, 0.29) is 5.39 Å².